The molecule has 3 nitrogen and oxygen atoms in total. The first-order valence-electron chi connectivity index (χ1n) is 4.05. The Hall–Kier alpha value is -0.0900. The van der Waals surface area contributed by atoms with Gasteiger partial charge in [0, 0.05) is 5.54 Å². The van der Waals surface area contributed by atoms with Crippen LogP contribution >= 0.6 is 0 Å². The molecular weight excluding hydrogens is 162 g/mol. The van der Waals surface area contributed by atoms with Crippen molar-refractivity contribution in [3.05, 3.63) is 0 Å². The molecule has 0 bridgehead atoms. The maximum atomic E-state index is 11.1. The van der Waals surface area contributed by atoms with E-state index in [1.54, 1.807) is 6.92 Å². The molecule has 1 aliphatic rings. The van der Waals surface area contributed by atoms with Gasteiger partial charge in [0.15, 0.2) is 0 Å². The smallest absolute Gasteiger partial charge is 0.211 e. The van der Waals surface area contributed by atoms with Crippen molar-refractivity contribution in [2.24, 2.45) is 0 Å². The summed E-state index contributed by atoms with van der Waals surface area (Å²) >= 11 is 0. The van der Waals surface area contributed by atoms with Crippen LogP contribution in [0.25, 0.3) is 0 Å². The molecule has 4 heteroatoms. The van der Waals surface area contributed by atoms with Gasteiger partial charge in [0.2, 0.25) is 10.0 Å². The quantitative estimate of drug-likeness (QED) is 0.692. The van der Waals surface area contributed by atoms with E-state index < -0.39 is 10.0 Å². The van der Waals surface area contributed by atoms with Crippen molar-refractivity contribution in [2.75, 3.05) is 5.75 Å². The lowest BCUT2D eigenvalue weighted by Gasteiger charge is -2.13. The second-order valence-corrected chi connectivity index (χ2v) is 5.15. The zero-order valence-corrected chi connectivity index (χ0v) is 7.87. The molecule has 1 N–H and O–H groups in total. The molecule has 0 aromatic carbocycles. The van der Waals surface area contributed by atoms with Crippen LogP contribution in [-0.4, -0.2) is 19.7 Å². The molecule has 0 aromatic heterocycles. The summed E-state index contributed by atoms with van der Waals surface area (Å²) in [7, 11) is -2.98. The van der Waals surface area contributed by atoms with Gasteiger partial charge in [-0.3, -0.25) is 0 Å². The fourth-order valence-corrected chi connectivity index (χ4v) is 2.23. The van der Waals surface area contributed by atoms with Gasteiger partial charge in [-0.05, 0) is 26.2 Å². The summed E-state index contributed by atoms with van der Waals surface area (Å²) in [6, 6.07) is 0. The summed E-state index contributed by atoms with van der Waals surface area (Å²) in [6.45, 7) is 3.68. The van der Waals surface area contributed by atoms with Crippen molar-refractivity contribution >= 4 is 10.0 Å². The standard InChI is InChI=1S/C7H15NO2S/c1-3-7(5-6-7)8-11(9,10)4-2/h8H,3-6H2,1-2H3. The average Bonchev–Trinajstić information content (AvgIpc) is 2.69. The van der Waals surface area contributed by atoms with Crippen molar-refractivity contribution in [1.82, 2.24) is 4.72 Å². The Kier molecular flexibility index (Phi) is 2.25. The molecule has 0 aliphatic heterocycles. The summed E-state index contributed by atoms with van der Waals surface area (Å²) in [6.07, 6.45) is 2.91. The molecule has 1 fully saturated rings. The molecule has 0 radical (unpaired) electrons. The molecule has 11 heavy (non-hydrogen) atoms. The zero-order valence-electron chi connectivity index (χ0n) is 7.05. The van der Waals surface area contributed by atoms with Crippen molar-refractivity contribution in [3.8, 4) is 0 Å². The summed E-state index contributed by atoms with van der Waals surface area (Å²) in [5, 5.41) is 0. The van der Waals surface area contributed by atoms with Crippen LogP contribution in [0.2, 0.25) is 0 Å². The normalized spacial score (nSPS) is 21.6. The molecule has 66 valence electrons. The molecule has 0 aromatic rings. The number of hydrogen-bond acceptors (Lipinski definition) is 2. The van der Waals surface area contributed by atoms with Crippen LogP contribution < -0.4 is 4.72 Å². The van der Waals surface area contributed by atoms with E-state index in [1.807, 2.05) is 6.92 Å². The number of nitrogens with one attached hydrogen (secondary N) is 1. The predicted molar refractivity (Wildman–Crippen MR) is 44.9 cm³/mol. The van der Waals surface area contributed by atoms with Crippen LogP contribution in [0.5, 0.6) is 0 Å². The van der Waals surface area contributed by atoms with Crippen LogP contribution in [0.3, 0.4) is 0 Å². The third kappa shape index (κ3) is 2.17. The number of sulfonamides is 1. The van der Waals surface area contributed by atoms with Crippen LogP contribution in [0.4, 0.5) is 0 Å². The maximum Gasteiger partial charge on any atom is 0.211 e. The first-order chi connectivity index (χ1) is 5.04. The van der Waals surface area contributed by atoms with E-state index in [1.165, 1.54) is 0 Å². The minimum atomic E-state index is -2.98. The predicted octanol–water partition coefficient (Wildman–Crippen LogP) is 0.868. The Morgan fingerprint density at radius 3 is 2.18 bits per heavy atom. The Balaban J connectivity index is 2.55. The number of rotatable bonds is 4. The Morgan fingerprint density at radius 1 is 1.36 bits per heavy atom. The minimum absolute atomic E-state index is 0.0607. The first-order valence-corrected chi connectivity index (χ1v) is 5.70. The minimum Gasteiger partial charge on any atom is -0.212 e. The van der Waals surface area contributed by atoms with E-state index >= 15 is 0 Å². The maximum absolute atomic E-state index is 11.1. The van der Waals surface area contributed by atoms with Gasteiger partial charge in [-0.1, -0.05) is 6.92 Å². The molecule has 1 saturated carbocycles. The van der Waals surface area contributed by atoms with E-state index in [0.717, 1.165) is 19.3 Å². The van der Waals surface area contributed by atoms with Gasteiger partial charge in [0.1, 0.15) is 0 Å². The van der Waals surface area contributed by atoms with Gasteiger partial charge >= 0.3 is 0 Å². The summed E-state index contributed by atoms with van der Waals surface area (Å²) in [4.78, 5) is 0. The van der Waals surface area contributed by atoms with Crippen LogP contribution in [-0.2, 0) is 10.0 Å². The molecular formula is C7H15NO2S. The highest BCUT2D eigenvalue weighted by molar-refractivity contribution is 7.89. The van der Waals surface area contributed by atoms with Gasteiger partial charge in [-0.2, -0.15) is 0 Å². The van der Waals surface area contributed by atoms with Crippen molar-refractivity contribution in [3.63, 3.8) is 0 Å². The van der Waals surface area contributed by atoms with Gasteiger partial charge in [0.25, 0.3) is 0 Å². The summed E-state index contributed by atoms with van der Waals surface area (Å²) in [5.41, 5.74) is -0.0607. The lowest BCUT2D eigenvalue weighted by atomic mass is 10.2. The van der Waals surface area contributed by atoms with E-state index in [0.29, 0.717) is 0 Å². The fraction of sp³-hybridized carbons (Fsp3) is 1.00. The molecule has 0 amide bonds. The summed E-state index contributed by atoms with van der Waals surface area (Å²) in [5.74, 6) is 0.189. The molecule has 1 aliphatic carbocycles. The van der Waals surface area contributed by atoms with E-state index in [9.17, 15) is 8.42 Å². The molecule has 0 saturated heterocycles. The van der Waals surface area contributed by atoms with Crippen molar-refractivity contribution in [1.29, 1.82) is 0 Å². The lowest BCUT2D eigenvalue weighted by Crippen LogP contribution is -2.37. The molecule has 0 heterocycles. The van der Waals surface area contributed by atoms with Crippen molar-refractivity contribution < 1.29 is 8.42 Å². The first kappa shape index (κ1) is 9.00. The van der Waals surface area contributed by atoms with Gasteiger partial charge in [0.05, 0.1) is 5.75 Å². The highest BCUT2D eigenvalue weighted by Crippen LogP contribution is 2.38. The van der Waals surface area contributed by atoms with E-state index in [2.05, 4.69) is 4.72 Å². The van der Waals surface area contributed by atoms with Gasteiger partial charge in [-0.25, -0.2) is 13.1 Å². The zero-order chi connectivity index (χ0) is 8.54. The van der Waals surface area contributed by atoms with Crippen LogP contribution in [0, 0.1) is 0 Å². The third-order valence-corrected chi connectivity index (χ3v) is 3.79. The molecule has 1 rings (SSSR count). The fourth-order valence-electron chi connectivity index (χ4n) is 1.08. The highest BCUT2D eigenvalue weighted by Gasteiger charge is 2.43. The third-order valence-electron chi connectivity index (χ3n) is 2.28. The summed E-state index contributed by atoms with van der Waals surface area (Å²) < 4.78 is 24.9. The topological polar surface area (TPSA) is 46.2 Å². The second kappa shape index (κ2) is 2.75. The van der Waals surface area contributed by atoms with Crippen LogP contribution in [0.15, 0.2) is 0 Å². The SMILES string of the molecule is CCC1(NS(=O)(=O)CC)CC1. The average molecular weight is 177 g/mol. The molecule has 0 atom stereocenters. The Morgan fingerprint density at radius 2 is 1.91 bits per heavy atom. The van der Waals surface area contributed by atoms with Crippen LogP contribution in [0.1, 0.15) is 33.1 Å². The molecule has 0 unspecified atom stereocenters. The van der Waals surface area contributed by atoms with Crippen molar-refractivity contribution in [2.45, 2.75) is 38.6 Å². The second-order valence-electron chi connectivity index (χ2n) is 3.14. The largest absolute Gasteiger partial charge is 0.212 e. The number of hydrogen-bond donors (Lipinski definition) is 1. The Bertz CT molecular complexity index is 229. The Labute approximate surface area is 68.2 Å². The lowest BCUT2D eigenvalue weighted by molar-refractivity contribution is 0.533. The van der Waals surface area contributed by atoms with Gasteiger partial charge in [-0.15, -0.1) is 0 Å². The highest BCUT2D eigenvalue weighted by atomic mass is 32.2. The van der Waals surface area contributed by atoms with Gasteiger partial charge < -0.3 is 0 Å². The van der Waals surface area contributed by atoms with E-state index in [4.69, 9.17) is 0 Å². The molecule has 0 spiro atoms. The monoisotopic (exact) mass is 177 g/mol. The van der Waals surface area contributed by atoms with E-state index in [-0.39, 0.29) is 11.3 Å².